The zero-order chi connectivity index (χ0) is 16.3. The van der Waals surface area contributed by atoms with Gasteiger partial charge in [0.05, 0.1) is 5.92 Å². The standard InChI is InChI=1S/C17H24N2O3/c1-12(17(2,3)14-7-5-4-6-8-14)18-16(22)19-10-9-13(11-19)15(20)21/h4-8,12-13H,9-11H2,1-3H3,(H,18,22)(H,20,21). The summed E-state index contributed by atoms with van der Waals surface area (Å²) in [6, 6.07) is 9.82. The van der Waals surface area contributed by atoms with Gasteiger partial charge in [-0.1, -0.05) is 44.2 Å². The Bertz CT molecular complexity index is 542. The van der Waals surface area contributed by atoms with Crippen LogP contribution in [0.25, 0.3) is 0 Å². The summed E-state index contributed by atoms with van der Waals surface area (Å²) >= 11 is 0. The largest absolute Gasteiger partial charge is 0.481 e. The summed E-state index contributed by atoms with van der Waals surface area (Å²) in [5, 5.41) is 12.0. The number of carbonyl (C=O) groups excluding carboxylic acids is 1. The summed E-state index contributed by atoms with van der Waals surface area (Å²) in [7, 11) is 0. The van der Waals surface area contributed by atoms with Crippen LogP contribution < -0.4 is 5.32 Å². The van der Waals surface area contributed by atoms with Crippen molar-refractivity contribution in [2.75, 3.05) is 13.1 Å². The topological polar surface area (TPSA) is 69.6 Å². The van der Waals surface area contributed by atoms with Gasteiger partial charge in [0.1, 0.15) is 0 Å². The fraction of sp³-hybridized carbons (Fsp3) is 0.529. The second kappa shape index (κ2) is 6.38. The normalized spacial score (nSPS) is 19.8. The Labute approximate surface area is 131 Å². The first-order valence-electron chi connectivity index (χ1n) is 7.66. The number of hydrogen-bond acceptors (Lipinski definition) is 2. The molecule has 0 radical (unpaired) electrons. The summed E-state index contributed by atoms with van der Waals surface area (Å²) in [6.45, 7) is 6.96. The average molecular weight is 304 g/mol. The van der Waals surface area contributed by atoms with E-state index >= 15 is 0 Å². The lowest BCUT2D eigenvalue weighted by Gasteiger charge is -2.34. The molecule has 0 bridgehead atoms. The lowest BCUT2D eigenvalue weighted by molar-refractivity contribution is -0.141. The number of urea groups is 1. The molecule has 1 saturated heterocycles. The molecule has 5 nitrogen and oxygen atoms in total. The highest BCUT2D eigenvalue weighted by Gasteiger charge is 2.34. The van der Waals surface area contributed by atoms with Crippen molar-refractivity contribution >= 4 is 12.0 Å². The predicted molar refractivity (Wildman–Crippen MR) is 84.8 cm³/mol. The van der Waals surface area contributed by atoms with Gasteiger partial charge in [-0.25, -0.2) is 4.79 Å². The molecule has 2 unspecified atom stereocenters. The Kier molecular flexibility index (Phi) is 4.74. The summed E-state index contributed by atoms with van der Waals surface area (Å²) in [5.41, 5.74) is 0.954. The molecule has 1 aliphatic rings. The van der Waals surface area contributed by atoms with Gasteiger partial charge in [-0.15, -0.1) is 0 Å². The molecule has 2 atom stereocenters. The van der Waals surface area contributed by atoms with Crippen molar-refractivity contribution in [1.82, 2.24) is 10.2 Å². The summed E-state index contributed by atoms with van der Waals surface area (Å²) < 4.78 is 0. The van der Waals surface area contributed by atoms with E-state index in [0.717, 1.165) is 5.56 Å². The molecule has 5 heteroatoms. The van der Waals surface area contributed by atoms with Crippen LogP contribution in [0.4, 0.5) is 4.79 Å². The highest BCUT2D eigenvalue weighted by Crippen LogP contribution is 2.27. The van der Waals surface area contributed by atoms with Crippen LogP contribution in [-0.2, 0) is 10.2 Å². The quantitative estimate of drug-likeness (QED) is 0.898. The van der Waals surface area contributed by atoms with Gasteiger partial charge < -0.3 is 15.3 Å². The monoisotopic (exact) mass is 304 g/mol. The van der Waals surface area contributed by atoms with Gasteiger partial charge in [-0.2, -0.15) is 0 Å². The number of carboxylic acids is 1. The fourth-order valence-corrected chi connectivity index (χ4v) is 2.72. The molecule has 0 spiro atoms. The highest BCUT2D eigenvalue weighted by molar-refractivity contribution is 5.77. The van der Waals surface area contributed by atoms with Crippen LogP contribution in [0, 0.1) is 5.92 Å². The Morgan fingerprint density at radius 3 is 2.50 bits per heavy atom. The number of carbonyl (C=O) groups is 2. The zero-order valence-corrected chi connectivity index (χ0v) is 13.4. The predicted octanol–water partition coefficient (Wildman–Crippen LogP) is 2.47. The number of carboxylic acid groups (broad SMARTS) is 1. The molecule has 0 aliphatic carbocycles. The van der Waals surface area contributed by atoms with Gasteiger partial charge >= 0.3 is 12.0 Å². The third-order valence-electron chi connectivity index (χ3n) is 4.77. The fourth-order valence-electron chi connectivity index (χ4n) is 2.72. The third kappa shape index (κ3) is 3.40. The number of benzene rings is 1. The van der Waals surface area contributed by atoms with E-state index in [1.807, 2.05) is 25.1 Å². The van der Waals surface area contributed by atoms with Gasteiger partial charge in [0.15, 0.2) is 0 Å². The second-order valence-corrected chi connectivity index (χ2v) is 6.53. The van der Waals surface area contributed by atoms with E-state index in [-0.39, 0.29) is 17.5 Å². The molecule has 22 heavy (non-hydrogen) atoms. The van der Waals surface area contributed by atoms with Crippen molar-refractivity contribution in [3.05, 3.63) is 35.9 Å². The van der Waals surface area contributed by atoms with Crippen LogP contribution in [0.3, 0.4) is 0 Å². The number of nitrogens with zero attached hydrogens (tertiary/aromatic N) is 1. The number of rotatable bonds is 4. The molecule has 120 valence electrons. The zero-order valence-electron chi connectivity index (χ0n) is 13.4. The SMILES string of the molecule is CC(NC(=O)N1CCC(C(=O)O)C1)C(C)(C)c1ccccc1. The van der Waals surface area contributed by atoms with Gasteiger partial charge in [-0.3, -0.25) is 4.79 Å². The molecule has 1 aromatic carbocycles. The van der Waals surface area contributed by atoms with Crippen molar-refractivity contribution in [2.24, 2.45) is 5.92 Å². The number of likely N-dealkylation sites (tertiary alicyclic amines) is 1. The summed E-state index contributed by atoms with van der Waals surface area (Å²) in [4.78, 5) is 24.9. The lowest BCUT2D eigenvalue weighted by atomic mass is 9.78. The van der Waals surface area contributed by atoms with Crippen molar-refractivity contribution in [3.8, 4) is 0 Å². The first-order chi connectivity index (χ1) is 10.3. The van der Waals surface area contributed by atoms with E-state index in [2.05, 4.69) is 31.3 Å². The van der Waals surface area contributed by atoms with Gasteiger partial charge in [-0.05, 0) is 18.9 Å². The van der Waals surface area contributed by atoms with E-state index in [9.17, 15) is 9.59 Å². The number of amides is 2. The maximum absolute atomic E-state index is 12.3. The Morgan fingerprint density at radius 1 is 1.32 bits per heavy atom. The lowest BCUT2D eigenvalue weighted by Crippen LogP contribution is -2.50. The molecule has 1 fully saturated rings. The van der Waals surface area contributed by atoms with Crippen LogP contribution in [0.1, 0.15) is 32.8 Å². The van der Waals surface area contributed by atoms with Crippen molar-refractivity contribution < 1.29 is 14.7 Å². The number of hydrogen-bond donors (Lipinski definition) is 2. The summed E-state index contributed by atoms with van der Waals surface area (Å²) in [5.74, 6) is -1.27. The minimum atomic E-state index is -0.826. The minimum absolute atomic E-state index is 0.0636. The number of aliphatic carboxylic acids is 1. The molecule has 0 saturated carbocycles. The number of nitrogens with one attached hydrogen (secondary N) is 1. The maximum Gasteiger partial charge on any atom is 0.317 e. The van der Waals surface area contributed by atoms with Crippen LogP contribution >= 0.6 is 0 Å². The Hall–Kier alpha value is -2.04. The molecule has 1 aromatic rings. The Balaban J connectivity index is 1.98. The van der Waals surface area contributed by atoms with Crippen molar-refractivity contribution in [2.45, 2.75) is 38.6 Å². The van der Waals surface area contributed by atoms with Crippen molar-refractivity contribution in [3.63, 3.8) is 0 Å². The van der Waals surface area contributed by atoms with Gasteiger partial charge in [0.25, 0.3) is 0 Å². The second-order valence-electron chi connectivity index (χ2n) is 6.53. The van der Waals surface area contributed by atoms with Gasteiger partial charge in [0.2, 0.25) is 0 Å². The maximum atomic E-state index is 12.3. The molecule has 1 aliphatic heterocycles. The molecule has 2 rings (SSSR count). The van der Waals surface area contributed by atoms with Crippen LogP contribution in [0.5, 0.6) is 0 Å². The van der Waals surface area contributed by atoms with E-state index in [0.29, 0.717) is 19.5 Å². The highest BCUT2D eigenvalue weighted by atomic mass is 16.4. The van der Waals surface area contributed by atoms with Gasteiger partial charge in [0, 0.05) is 24.5 Å². The van der Waals surface area contributed by atoms with Crippen LogP contribution in [0.2, 0.25) is 0 Å². The molecular formula is C17H24N2O3. The molecular weight excluding hydrogens is 280 g/mol. The molecule has 2 amide bonds. The van der Waals surface area contributed by atoms with Crippen molar-refractivity contribution in [1.29, 1.82) is 0 Å². The minimum Gasteiger partial charge on any atom is -0.481 e. The van der Waals surface area contributed by atoms with E-state index < -0.39 is 11.9 Å². The average Bonchev–Trinajstić information content (AvgIpc) is 2.98. The Morgan fingerprint density at radius 2 is 1.95 bits per heavy atom. The first-order valence-corrected chi connectivity index (χ1v) is 7.66. The van der Waals surface area contributed by atoms with Crippen LogP contribution in [0.15, 0.2) is 30.3 Å². The summed E-state index contributed by atoms with van der Waals surface area (Å²) in [6.07, 6.45) is 0.527. The van der Waals surface area contributed by atoms with Crippen LogP contribution in [-0.4, -0.2) is 41.1 Å². The van der Waals surface area contributed by atoms with E-state index in [1.165, 1.54) is 0 Å². The van der Waals surface area contributed by atoms with E-state index in [4.69, 9.17) is 5.11 Å². The first kappa shape index (κ1) is 16.3. The smallest absolute Gasteiger partial charge is 0.317 e. The molecule has 2 N–H and O–H groups in total. The molecule has 0 aromatic heterocycles. The van der Waals surface area contributed by atoms with E-state index in [1.54, 1.807) is 4.90 Å². The molecule has 1 heterocycles. The third-order valence-corrected chi connectivity index (χ3v) is 4.77.